The Morgan fingerprint density at radius 3 is 2.86 bits per heavy atom. The first kappa shape index (κ1) is 12.7. The summed E-state index contributed by atoms with van der Waals surface area (Å²) in [7, 11) is 0. The SMILES string of the molecule is N#CN1Cc2[nH]nc(-c3ccnn3Cc3ccccc3)c2C1. The predicted octanol–water partition coefficient (Wildman–Crippen LogP) is 2.12. The fourth-order valence-electron chi connectivity index (χ4n) is 2.84. The van der Waals surface area contributed by atoms with Crippen LogP contribution in [-0.2, 0) is 19.6 Å². The molecule has 2 aromatic heterocycles. The van der Waals surface area contributed by atoms with E-state index in [4.69, 9.17) is 5.26 Å². The summed E-state index contributed by atoms with van der Waals surface area (Å²) in [6.07, 6.45) is 3.98. The van der Waals surface area contributed by atoms with Gasteiger partial charge in [0.1, 0.15) is 5.69 Å². The van der Waals surface area contributed by atoms with Crippen LogP contribution in [0.3, 0.4) is 0 Å². The van der Waals surface area contributed by atoms with Crippen molar-refractivity contribution in [3.05, 3.63) is 59.4 Å². The van der Waals surface area contributed by atoms with Gasteiger partial charge in [-0.1, -0.05) is 30.3 Å². The number of fused-ring (bicyclic) bond motifs is 1. The van der Waals surface area contributed by atoms with E-state index in [0.29, 0.717) is 19.6 Å². The third kappa shape index (κ3) is 2.04. The minimum absolute atomic E-state index is 0.603. The highest BCUT2D eigenvalue weighted by Crippen LogP contribution is 2.30. The molecule has 0 saturated heterocycles. The first-order valence-corrected chi connectivity index (χ1v) is 7.12. The minimum Gasteiger partial charge on any atom is -0.300 e. The number of H-pyrrole nitrogens is 1. The standard InChI is InChI=1S/C16H14N6/c17-11-21-9-13-14(10-21)19-20-16(13)15-6-7-18-22(15)8-12-4-2-1-3-5-12/h1-7H,8-10H2,(H,19,20). The molecule has 0 aliphatic carbocycles. The molecule has 0 fully saturated rings. The van der Waals surface area contributed by atoms with Crippen LogP contribution in [0.25, 0.3) is 11.4 Å². The third-order valence-electron chi connectivity index (χ3n) is 3.93. The quantitative estimate of drug-likeness (QED) is 0.750. The zero-order valence-corrected chi connectivity index (χ0v) is 11.9. The molecule has 4 rings (SSSR count). The van der Waals surface area contributed by atoms with E-state index < -0.39 is 0 Å². The van der Waals surface area contributed by atoms with Crippen LogP contribution in [0.4, 0.5) is 0 Å². The molecule has 3 aromatic rings. The number of hydrogen-bond donors (Lipinski definition) is 1. The van der Waals surface area contributed by atoms with E-state index in [1.807, 2.05) is 28.9 Å². The summed E-state index contributed by atoms with van der Waals surface area (Å²) < 4.78 is 1.95. The molecule has 0 bridgehead atoms. The maximum Gasteiger partial charge on any atom is 0.180 e. The lowest BCUT2D eigenvalue weighted by Gasteiger charge is -2.08. The average Bonchev–Trinajstić information content (AvgIpc) is 3.23. The van der Waals surface area contributed by atoms with Crippen LogP contribution in [0.2, 0.25) is 0 Å². The lowest BCUT2D eigenvalue weighted by Crippen LogP contribution is -2.09. The normalized spacial score (nSPS) is 13.1. The van der Waals surface area contributed by atoms with Crippen molar-refractivity contribution in [3.63, 3.8) is 0 Å². The van der Waals surface area contributed by atoms with Gasteiger partial charge in [-0.15, -0.1) is 0 Å². The Morgan fingerprint density at radius 1 is 1.18 bits per heavy atom. The number of rotatable bonds is 3. The second kappa shape index (κ2) is 5.04. The molecule has 6 nitrogen and oxygen atoms in total. The minimum atomic E-state index is 0.603. The number of nitrogens with one attached hydrogen (secondary N) is 1. The highest BCUT2D eigenvalue weighted by atomic mass is 15.3. The molecule has 6 heteroatoms. The van der Waals surface area contributed by atoms with Crippen molar-refractivity contribution in [3.8, 4) is 17.6 Å². The largest absolute Gasteiger partial charge is 0.300 e. The second-order valence-electron chi connectivity index (χ2n) is 5.35. The molecular weight excluding hydrogens is 276 g/mol. The highest BCUT2D eigenvalue weighted by Gasteiger charge is 2.26. The van der Waals surface area contributed by atoms with Crippen molar-refractivity contribution in [1.82, 2.24) is 24.9 Å². The van der Waals surface area contributed by atoms with Crippen molar-refractivity contribution in [2.24, 2.45) is 0 Å². The van der Waals surface area contributed by atoms with E-state index in [-0.39, 0.29) is 0 Å². The van der Waals surface area contributed by atoms with Crippen LogP contribution in [0.5, 0.6) is 0 Å². The number of nitrogens with zero attached hydrogens (tertiary/aromatic N) is 5. The molecule has 1 aliphatic heterocycles. The van der Waals surface area contributed by atoms with Crippen molar-refractivity contribution >= 4 is 0 Å². The predicted molar refractivity (Wildman–Crippen MR) is 80.2 cm³/mol. The zero-order valence-electron chi connectivity index (χ0n) is 11.9. The maximum atomic E-state index is 9.05. The Bertz CT molecular complexity index is 839. The van der Waals surface area contributed by atoms with E-state index in [0.717, 1.165) is 22.6 Å². The van der Waals surface area contributed by atoms with E-state index in [1.54, 1.807) is 11.1 Å². The lowest BCUT2D eigenvalue weighted by molar-refractivity contribution is 0.412. The number of aromatic nitrogens is 4. The lowest BCUT2D eigenvalue weighted by atomic mass is 10.1. The molecule has 3 heterocycles. The number of aromatic amines is 1. The summed E-state index contributed by atoms with van der Waals surface area (Å²) in [5.74, 6) is 0. The van der Waals surface area contributed by atoms with Gasteiger partial charge in [-0.05, 0) is 11.6 Å². The first-order valence-electron chi connectivity index (χ1n) is 7.12. The van der Waals surface area contributed by atoms with Gasteiger partial charge < -0.3 is 4.90 Å². The molecule has 0 unspecified atom stereocenters. The highest BCUT2D eigenvalue weighted by molar-refractivity contribution is 5.61. The number of benzene rings is 1. The summed E-state index contributed by atoms with van der Waals surface area (Å²) in [5.41, 5.74) is 5.17. The summed E-state index contributed by atoms with van der Waals surface area (Å²) >= 11 is 0. The van der Waals surface area contributed by atoms with Gasteiger partial charge in [-0.3, -0.25) is 9.78 Å². The fourth-order valence-corrected chi connectivity index (χ4v) is 2.84. The summed E-state index contributed by atoms with van der Waals surface area (Å²) in [4.78, 5) is 1.71. The summed E-state index contributed by atoms with van der Waals surface area (Å²) in [5, 5.41) is 20.9. The van der Waals surface area contributed by atoms with Gasteiger partial charge in [0.05, 0.1) is 31.0 Å². The molecule has 0 atom stereocenters. The van der Waals surface area contributed by atoms with Crippen LogP contribution in [-0.4, -0.2) is 24.9 Å². The molecule has 0 saturated carbocycles. The smallest absolute Gasteiger partial charge is 0.180 e. The van der Waals surface area contributed by atoms with Crippen molar-refractivity contribution < 1.29 is 0 Å². The molecular formula is C16H14N6. The molecule has 0 amide bonds. The van der Waals surface area contributed by atoms with Crippen molar-refractivity contribution in [2.75, 3.05) is 0 Å². The van der Waals surface area contributed by atoms with Gasteiger partial charge in [0.15, 0.2) is 6.19 Å². The Hall–Kier alpha value is -3.07. The Morgan fingerprint density at radius 2 is 2.05 bits per heavy atom. The number of nitriles is 1. The van der Waals surface area contributed by atoms with E-state index in [1.165, 1.54) is 5.56 Å². The van der Waals surface area contributed by atoms with Crippen LogP contribution in [0, 0.1) is 11.5 Å². The van der Waals surface area contributed by atoms with Gasteiger partial charge in [0, 0.05) is 11.8 Å². The molecule has 0 spiro atoms. The maximum absolute atomic E-state index is 9.05. The Balaban J connectivity index is 1.69. The third-order valence-corrected chi connectivity index (χ3v) is 3.93. The topological polar surface area (TPSA) is 73.5 Å². The van der Waals surface area contributed by atoms with Gasteiger partial charge in [0.2, 0.25) is 0 Å². The van der Waals surface area contributed by atoms with Gasteiger partial charge in [-0.2, -0.15) is 15.5 Å². The summed E-state index contributed by atoms with van der Waals surface area (Å²) in [6, 6.07) is 12.2. The van der Waals surface area contributed by atoms with E-state index in [2.05, 4.69) is 33.6 Å². The van der Waals surface area contributed by atoms with E-state index >= 15 is 0 Å². The zero-order chi connectivity index (χ0) is 14.9. The Kier molecular flexibility index (Phi) is 2.90. The van der Waals surface area contributed by atoms with Crippen LogP contribution < -0.4 is 0 Å². The van der Waals surface area contributed by atoms with Crippen LogP contribution in [0.15, 0.2) is 42.6 Å². The second-order valence-corrected chi connectivity index (χ2v) is 5.35. The van der Waals surface area contributed by atoms with Crippen LogP contribution in [0.1, 0.15) is 16.8 Å². The summed E-state index contributed by atoms with van der Waals surface area (Å²) in [6.45, 7) is 1.91. The van der Waals surface area contributed by atoms with Gasteiger partial charge in [0.25, 0.3) is 0 Å². The molecule has 108 valence electrons. The molecule has 1 N–H and O–H groups in total. The molecule has 22 heavy (non-hydrogen) atoms. The van der Waals surface area contributed by atoms with E-state index in [9.17, 15) is 0 Å². The molecule has 1 aliphatic rings. The van der Waals surface area contributed by atoms with Gasteiger partial charge in [-0.25, -0.2) is 0 Å². The monoisotopic (exact) mass is 290 g/mol. The molecule has 0 radical (unpaired) electrons. The van der Waals surface area contributed by atoms with Crippen molar-refractivity contribution in [1.29, 1.82) is 5.26 Å². The Labute approximate surface area is 127 Å². The fraction of sp³-hybridized carbons (Fsp3) is 0.188. The molecule has 1 aromatic carbocycles. The van der Waals surface area contributed by atoms with Crippen molar-refractivity contribution in [2.45, 2.75) is 19.6 Å². The average molecular weight is 290 g/mol. The van der Waals surface area contributed by atoms with Gasteiger partial charge >= 0.3 is 0 Å². The van der Waals surface area contributed by atoms with Crippen LogP contribution >= 0.6 is 0 Å². The number of hydrogen-bond acceptors (Lipinski definition) is 4. The first-order chi connectivity index (χ1) is 10.8.